The number of ether oxygens (including phenoxy) is 2. The van der Waals surface area contributed by atoms with Crippen molar-refractivity contribution in [3.63, 3.8) is 0 Å². The Kier molecular flexibility index (Phi) is 4.74. The molecule has 26 heavy (non-hydrogen) atoms. The van der Waals surface area contributed by atoms with E-state index in [9.17, 15) is 9.90 Å². The molecule has 0 aromatic heterocycles. The standard InChI is InChI=1S/C20H20ClNO4/c21-15-5-2-13(3-6-15)19-16(23)8-9-22(19)20(24)14-4-7-17-18(12-14)26-11-1-10-25-17/h2-7,12,16,19,23H,1,8-11H2/t16-,19-/m1/s1. The minimum atomic E-state index is -0.597. The van der Waals surface area contributed by atoms with Gasteiger partial charge >= 0.3 is 0 Å². The number of aliphatic hydroxyl groups excluding tert-OH is 1. The number of amides is 1. The third kappa shape index (κ3) is 3.24. The van der Waals surface area contributed by atoms with Crippen molar-refractivity contribution in [1.29, 1.82) is 0 Å². The van der Waals surface area contributed by atoms with Crippen molar-refractivity contribution in [2.24, 2.45) is 0 Å². The summed E-state index contributed by atoms with van der Waals surface area (Å²) < 4.78 is 11.3. The summed E-state index contributed by atoms with van der Waals surface area (Å²) in [6, 6.07) is 12.1. The highest BCUT2D eigenvalue weighted by atomic mass is 35.5. The Morgan fingerprint density at radius 1 is 1.08 bits per heavy atom. The number of rotatable bonds is 2. The zero-order valence-electron chi connectivity index (χ0n) is 14.2. The molecule has 6 heteroatoms. The lowest BCUT2D eigenvalue weighted by molar-refractivity contribution is 0.0637. The molecule has 0 saturated carbocycles. The number of hydrogen-bond donors (Lipinski definition) is 1. The quantitative estimate of drug-likeness (QED) is 0.876. The molecule has 0 aliphatic carbocycles. The van der Waals surface area contributed by atoms with Gasteiger partial charge < -0.3 is 19.5 Å². The van der Waals surface area contributed by atoms with E-state index in [2.05, 4.69) is 0 Å². The van der Waals surface area contributed by atoms with Crippen molar-refractivity contribution in [2.45, 2.75) is 25.0 Å². The molecule has 2 aromatic carbocycles. The van der Waals surface area contributed by atoms with Crippen molar-refractivity contribution in [3.8, 4) is 11.5 Å². The highest BCUT2D eigenvalue weighted by molar-refractivity contribution is 6.30. The third-order valence-electron chi connectivity index (χ3n) is 4.83. The first kappa shape index (κ1) is 17.2. The topological polar surface area (TPSA) is 59.0 Å². The maximum absolute atomic E-state index is 13.1. The van der Waals surface area contributed by atoms with Crippen molar-refractivity contribution < 1.29 is 19.4 Å². The summed E-state index contributed by atoms with van der Waals surface area (Å²) >= 11 is 5.96. The average Bonchev–Trinajstić information content (AvgIpc) is 2.88. The molecule has 0 radical (unpaired) electrons. The molecule has 5 nitrogen and oxygen atoms in total. The second-order valence-electron chi connectivity index (χ2n) is 6.56. The lowest BCUT2D eigenvalue weighted by atomic mass is 10.0. The summed E-state index contributed by atoms with van der Waals surface area (Å²) in [5.41, 5.74) is 1.41. The van der Waals surface area contributed by atoms with Crippen molar-refractivity contribution >= 4 is 17.5 Å². The molecule has 1 saturated heterocycles. The van der Waals surface area contributed by atoms with Crippen molar-refractivity contribution in [1.82, 2.24) is 4.90 Å². The highest BCUT2D eigenvalue weighted by Gasteiger charge is 2.37. The lowest BCUT2D eigenvalue weighted by Crippen LogP contribution is -2.33. The lowest BCUT2D eigenvalue weighted by Gasteiger charge is -2.27. The molecule has 4 rings (SSSR count). The van der Waals surface area contributed by atoms with Crippen molar-refractivity contribution in [3.05, 3.63) is 58.6 Å². The Hall–Kier alpha value is -2.24. The molecule has 0 bridgehead atoms. The summed E-state index contributed by atoms with van der Waals surface area (Å²) in [5.74, 6) is 1.13. The maximum atomic E-state index is 13.1. The fourth-order valence-corrected chi connectivity index (χ4v) is 3.65. The van der Waals surface area contributed by atoms with Gasteiger partial charge in [-0.1, -0.05) is 23.7 Å². The van der Waals surface area contributed by atoms with Crippen LogP contribution in [0.5, 0.6) is 11.5 Å². The molecule has 0 unspecified atom stereocenters. The second-order valence-corrected chi connectivity index (χ2v) is 7.00. The monoisotopic (exact) mass is 373 g/mol. The molecule has 136 valence electrons. The highest BCUT2D eigenvalue weighted by Crippen LogP contribution is 2.36. The number of benzene rings is 2. The number of carbonyl (C=O) groups is 1. The molecular formula is C20H20ClNO4. The van der Waals surface area contributed by atoms with Gasteiger partial charge in [0.05, 0.1) is 25.4 Å². The number of hydrogen-bond acceptors (Lipinski definition) is 4. The number of halogens is 1. The molecule has 2 heterocycles. The van der Waals surface area contributed by atoms with E-state index in [1.807, 2.05) is 12.1 Å². The molecule has 1 N–H and O–H groups in total. The van der Waals surface area contributed by atoms with E-state index in [1.54, 1.807) is 35.2 Å². The molecule has 2 aliphatic heterocycles. The van der Waals surface area contributed by atoms with E-state index in [0.717, 1.165) is 12.0 Å². The summed E-state index contributed by atoms with van der Waals surface area (Å²) in [4.78, 5) is 14.8. The van der Waals surface area contributed by atoms with Crippen molar-refractivity contribution in [2.75, 3.05) is 19.8 Å². The Bertz CT molecular complexity index is 808. The van der Waals surface area contributed by atoms with Crippen LogP contribution >= 0.6 is 11.6 Å². The Morgan fingerprint density at radius 3 is 2.58 bits per heavy atom. The van der Waals surface area contributed by atoms with Gasteiger partial charge in [-0.15, -0.1) is 0 Å². The molecular weight excluding hydrogens is 354 g/mol. The normalized spacial score (nSPS) is 22.2. The van der Waals surface area contributed by atoms with Crippen LogP contribution in [0, 0.1) is 0 Å². The SMILES string of the molecule is O=C(c1ccc2c(c1)OCCCO2)N1CC[C@@H](O)[C@H]1c1ccc(Cl)cc1. The number of fused-ring (bicyclic) bond motifs is 1. The molecule has 2 atom stereocenters. The molecule has 1 fully saturated rings. The van der Waals surface area contributed by atoms with E-state index >= 15 is 0 Å². The summed E-state index contributed by atoms with van der Waals surface area (Å²) in [6.07, 6.45) is 0.763. The fourth-order valence-electron chi connectivity index (χ4n) is 3.53. The van der Waals surface area contributed by atoms with Gasteiger partial charge in [0, 0.05) is 23.6 Å². The van der Waals surface area contributed by atoms with Gasteiger partial charge in [0.1, 0.15) is 0 Å². The maximum Gasteiger partial charge on any atom is 0.254 e. The minimum Gasteiger partial charge on any atom is -0.490 e. The van der Waals surface area contributed by atoms with Gasteiger partial charge in [-0.05, 0) is 42.3 Å². The zero-order chi connectivity index (χ0) is 18.1. The summed E-state index contributed by atoms with van der Waals surface area (Å²) in [7, 11) is 0. The zero-order valence-corrected chi connectivity index (χ0v) is 15.0. The number of carbonyl (C=O) groups excluding carboxylic acids is 1. The molecule has 0 spiro atoms. The Morgan fingerprint density at radius 2 is 1.81 bits per heavy atom. The first-order valence-corrected chi connectivity index (χ1v) is 9.15. The van der Waals surface area contributed by atoms with Crippen LogP contribution in [0.25, 0.3) is 0 Å². The van der Waals surface area contributed by atoms with Gasteiger partial charge in [-0.25, -0.2) is 0 Å². The summed E-state index contributed by atoms with van der Waals surface area (Å²) in [6.45, 7) is 1.68. The van der Waals surface area contributed by atoms with E-state index in [-0.39, 0.29) is 11.9 Å². The van der Waals surface area contributed by atoms with E-state index < -0.39 is 6.10 Å². The largest absolute Gasteiger partial charge is 0.490 e. The van der Waals surface area contributed by atoms with Crippen LogP contribution in [0.2, 0.25) is 5.02 Å². The first-order valence-electron chi connectivity index (χ1n) is 8.77. The number of likely N-dealkylation sites (tertiary alicyclic amines) is 1. The fraction of sp³-hybridized carbons (Fsp3) is 0.350. The van der Waals surface area contributed by atoms with Crippen LogP contribution in [0.4, 0.5) is 0 Å². The second kappa shape index (κ2) is 7.17. The third-order valence-corrected chi connectivity index (χ3v) is 5.08. The molecule has 1 amide bonds. The smallest absolute Gasteiger partial charge is 0.254 e. The Balaban J connectivity index is 1.62. The molecule has 2 aliphatic rings. The van der Waals surface area contributed by atoms with Gasteiger partial charge in [-0.3, -0.25) is 4.79 Å². The van der Waals surface area contributed by atoms with Crippen LogP contribution < -0.4 is 9.47 Å². The van der Waals surface area contributed by atoms with Crippen LogP contribution in [0.3, 0.4) is 0 Å². The number of aliphatic hydroxyl groups is 1. The summed E-state index contributed by atoms with van der Waals surface area (Å²) in [5, 5.41) is 11.1. The minimum absolute atomic E-state index is 0.128. The van der Waals surface area contributed by atoms with Crippen LogP contribution in [0.1, 0.15) is 34.8 Å². The number of nitrogens with zero attached hydrogens (tertiary/aromatic N) is 1. The first-order chi connectivity index (χ1) is 12.6. The Labute approximate surface area is 157 Å². The van der Waals surface area contributed by atoms with Crippen LogP contribution in [-0.4, -0.2) is 41.8 Å². The van der Waals surface area contributed by atoms with Crippen LogP contribution in [-0.2, 0) is 0 Å². The average molecular weight is 374 g/mol. The van der Waals surface area contributed by atoms with E-state index in [4.69, 9.17) is 21.1 Å². The van der Waals surface area contributed by atoms with E-state index in [1.165, 1.54) is 0 Å². The molecule has 2 aromatic rings. The predicted octanol–water partition coefficient (Wildman–Crippen LogP) is 3.45. The van der Waals surface area contributed by atoms with Gasteiger partial charge in [-0.2, -0.15) is 0 Å². The van der Waals surface area contributed by atoms with Gasteiger partial charge in [0.15, 0.2) is 11.5 Å². The predicted molar refractivity (Wildman–Crippen MR) is 97.9 cm³/mol. The van der Waals surface area contributed by atoms with Gasteiger partial charge in [0.25, 0.3) is 5.91 Å². The van der Waals surface area contributed by atoms with Crippen LogP contribution in [0.15, 0.2) is 42.5 Å². The van der Waals surface area contributed by atoms with Gasteiger partial charge in [0.2, 0.25) is 0 Å². The van der Waals surface area contributed by atoms with E-state index in [0.29, 0.717) is 48.3 Å².